The number of carbonyl (C=O) groups is 1. The summed E-state index contributed by atoms with van der Waals surface area (Å²) in [6, 6.07) is -0.931. The van der Waals surface area contributed by atoms with Crippen LogP contribution in [0.25, 0.3) is 0 Å². The van der Waals surface area contributed by atoms with Crippen molar-refractivity contribution in [1.82, 2.24) is 5.32 Å². The van der Waals surface area contributed by atoms with E-state index >= 15 is 0 Å². The van der Waals surface area contributed by atoms with E-state index in [1.54, 1.807) is 6.08 Å². The standard InChI is InChI=1S/C52H95NO13/c1-3-5-7-9-11-12-13-14-15-16-17-18-19-20-21-22-23-24-25-26-27-28-29-30-31-33-35-41(56)40(53-44(57)36-34-32-10-8-6-4-2)39-63-51-49(62)47(60)50(43(38-55)65-51)66-52-48(61)46(59)45(58)42(37-54)64-52/h24-25,28-29,33,35,40-43,45-52,54-56,58-62H,3-23,26-27,30-32,34,36-39H2,1-2H3,(H,53,57)/b25-24+,29-28+,35-33+. The monoisotopic (exact) mass is 942 g/mol. The molecule has 0 radical (unpaired) electrons. The molecule has 0 bridgehead atoms. The van der Waals surface area contributed by atoms with E-state index in [1.807, 2.05) is 6.08 Å². The van der Waals surface area contributed by atoms with Crippen LogP contribution in [0.4, 0.5) is 0 Å². The summed E-state index contributed by atoms with van der Waals surface area (Å²) >= 11 is 0. The maximum Gasteiger partial charge on any atom is 0.220 e. The number of aliphatic hydroxyl groups is 8. The highest BCUT2D eigenvalue weighted by Crippen LogP contribution is 2.30. The first-order chi connectivity index (χ1) is 32.1. The van der Waals surface area contributed by atoms with E-state index in [2.05, 4.69) is 43.5 Å². The zero-order chi connectivity index (χ0) is 48.2. The van der Waals surface area contributed by atoms with Gasteiger partial charge in [0.2, 0.25) is 5.91 Å². The van der Waals surface area contributed by atoms with Crippen LogP contribution in [0.5, 0.6) is 0 Å². The quantitative estimate of drug-likeness (QED) is 0.0221. The fraction of sp³-hybridized carbons (Fsp3) is 0.865. The van der Waals surface area contributed by atoms with Crippen molar-refractivity contribution >= 4 is 5.91 Å². The van der Waals surface area contributed by atoms with Crippen LogP contribution in [0.1, 0.15) is 194 Å². The molecule has 0 aromatic heterocycles. The highest BCUT2D eigenvalue weighted by Gasteiger charge is 2.51. The highest BCUT2D eigenvalue weighted by molar-refractivity contribution is 5.76. The van der Waals surface area contributed by atoms with Crippen LogP contribution in [-0.2, 0) is 23.7 Å². The SMILES string of the molecule is CCCCCCCCCCCCCCCCCC/C=C/CC/C=C/CC/C=C/C(O)C(COC1OC(CO)C(OC2OC(CO)C(O)C(O)C2O)C(O)C1O)NC(=O)CCCCCCCC. The van der Waals surface area contributed by atoms with Crippen molar-refractivity contribution in [3.8, 4) is 0 Å². The van der Waals surface area contributed by atoms with Gasteiger partial charge in [0.15, 0.2) is 12.6 Å². The van der Waals surface area contributed by atoms with E-state index in [0.717, 1.165) is 57.8 Å². The maximum absolute atomic E-state index is 13.0. The van der Waals surface area contributed by atoms with E-state index < -0.39 is 86.8 Å². The lowest BCUT2D eigenvalue weighted by Crippen LogP contribution is -2.65. The molecule has 386 valence electrons. The molecule has 0 saturated carbocycles. The molecule has 0 aliphatic carbocycles. The van der Waals surface area contributed by atoms with Gasteiger partial charge in [0, 0.05) is 6.42 Å². The Balaban J connectivity index is 1.73. The molecule has 2 rings (SSSR count). The number of ether oxygens (including phenoxy) is 4. The van der Waals surface area contributed by atoms with Gasteiger partial charge in [-0.1, -0.05) is 179 Å². The number of rotatable bonds is 40. The Morgan fingerprint density at radius 2 is 0.970 bits per heavy atom. The van der Waals surface area contributed by atoms with E-state index in [-0.39, 0.29) is 18.9 Å². The van der Waals surface area contributed by atoms with E-state index in [4.69, 9.17) is 18.9 Å². The topological polar surface area (TPSA) is 228 Å². The number of hydrogen-bond donors (Lipinski definition) is 9. The minimum atomic E-state index is -1.79. The summed E-state index contributed by atoms with van der Waals surface area (Å²) in [6.07, 6.45) is 28.2. The van der Waals surface area contributed by atoms with Gasteiger partial charge in [0.25, 0.3) is 0 Å². The summed E-state index contributed by atoms with van der Waals surface area (Å²) in [4.78, 5) is 13.0. The molecule has 2 aliphatic rings. The molecule has 0 aromatic carbocycles. The first kappa shape index (κ1) is 60.3. The van der Waals surface area contributed by atoms with Gasteiger partial charge in [-0.05, 0) is 44.9 Å². The van der Waals surface area contributed by atoms with Gasteiger partial charge in [0.1, 0.15) is 48.8 Å². The van der Waals surface area contributed by atoms with Crippen molar-refractivity contribution in [2.45, 2.75) is 267 Å². The van der Waals surface area contributed by atoms with Crippen LogP contribution in [0, 0.1) is 0 Å². The Hall–Kier alpha value is -1.79. The van der Waals surface area contributed by atoms with Gasteiger partial charge in [-0.2, -0.15) is 0 Å². The van der Waals surface area contributed by atoms with Gasteiger partial charge in [0.05, 0.1) is 32.0 Å². The van der Waals surface area contributed by atoms with Crippen molar-refractivity contribution in [3.05, 3.63) is 36.5 Å². The van der Waals surface area contributed by atoms with Crippen LogP contribution in [0.3, 0.4) is 0 Å². The molecule has 0 aromatic rings. The molecule has 9 N–H and O–H groups in total. The predicted octanol–water partition coefficient (Wildman–Crippen LogP) is 7.10. The van der Waals surface area contributed by atoms with E-state index in [0.29, 0.717) is 12.8 Å². The van der Waals surface area contributed by atoms with Crippen molar-refractivity contribution in [2.24, 2.45) is 0 Å². The number of carbonyl (C=O) groups excluding carboxylic acids is 1. The number of hydrogen-bond acceptors (Lipinski definition) is 13. The van der Waals surface area contributed by atoms with Crippen LogP contribution >= 0.6 is 0 Å². The minimum absolute atomic E-state index is 0.264. The summed E-state index contributed by atoms with van der Waals surface area (Å²) < 4.78 is 22.6. The number of amides is 1. The molecular formula is C52H95NO13. The first-order valence-electron chi connectivity index (χ1n) is 26.2. The zero-order valence-electron chi connectivity index (χ0n) is 40.9. The van der Waals surface area contributed by atoms with Crippen molar-refractivity contribution in [1.29, 1.82) is 0 Å². The molecule has 2 saturated heterocycles. The largest absolute Gasteiger partial charge is 0.394 e. The molecule has 66 heavy (non-hydrogen) atoms. The smallest absolute Gasteiger partial charge is 0.220 e. The van der Waals surface area contributed by atoms with Crippen molar-refractivity contribution in [2.75, 3.05) is 19.8 Å². The van der Waals surface area contributed by atoms with E-state index in [1.165, 1.54) is 103 Å². The van der Waals surface area contributed by atoms with Crippen molar-refractivity contribution < 1.29 is 64.6 Å². The lowest BCUT2D eigenvalue weighted by atomic mass is 9.97. The number of aliphatic hydroxyl groups excluding tert-OH is 8. The average Bonchev–Trinajstić information content (AvgIpc) is 3.31. The molecule has 2 heterocycles. The molecule has 1 amide bonds. The summed E-state index contributed by atoms with van der Waals surface area (Å²) in [5, 5.41) is 86.4. The van der Waals surface area contributed by atoms with Gasteiger partial charge < -0.3 is 65.1 Å². The number of nitrogens with one attached hydrogen (secondary N) is 1. The second-order valence-electron chi connectivity index (χ2n) is 18.6. The molecule has 12 unspecified atom stereocenters. The lowest BCUT2D eigenvalue weighted by Gasteiger charge is -2.46. The normalized spacial score (nSPS) is 27.1. The fourth-order valence-corrected chi connectivity index (χ4v) is 8.50. The van der Waals surface area contributed by atoms with Crippen LogP contribution in [0.15, 0.2) is 36.5 Å². The van der Waals surface area contributed by atoms with Crippen LogP contribution in [-0.4, -0.2) is 140 Å². The maximum atomic E-state index is 13.0. The van der Waals surface area contributed by atoms with E-state index in [9.17, 15) is 45.6 Å². The Kier molecular flexibility index (Phi) is 35.6. The second-order valence-corrected chi connectivity index (χ2v) is 18.6. The molecule has 14 heteroatoms. The summed E-state index contributed by atoms with van der Waals surface area (Å²) in [5.74, 6) is -0.264. The van der Waals surface area contributed by atoms with Gasteiger partial charge in [-0.3, -0.25) is 4.79 Å². The Bertz CT molecular complexity index is 1250. The Labute approximate surface area is 398 Å². The van der Waals surface area contributed by atoms with Crippen LogP contribution < -0.4 is 5.32 Å². The number of allylic oxidation sites excluding steroid dienone is 5. The third-order valence-corrected chi connectivity index (χ3v) is 12.8. The molecule has 0 spiro atoms. The van der Waals surface area contributed by atoms with Crippen LogP contribution in [0.2, 0.25) is 0 Å². The molecule has 14 nitrogen and oxygen atoms in total. The Morgan fingerprint density at radius 1 is 0.530 bits per heavy atom. The lowest BCUT2D eigenvalue weighted by molar-refractivity contribution is -0.359. The zero-order valence-corrected chi connectivity index (χ0v) is 40.9. The highest BCUT2D eigenvalue weighted by atomic mass is 16.7. The predicted molar refractivity (Wildman–Crippen MR) is 258 cm³/mol. The molecule has 2 fully saturated rings. The third-order valence-electron chi connectivity index (χ3n) is 12.8. The first-order valence-corrected chi connectivity index (χ1v) is 26.2. The minimum Gasteiger partial charge on any atom is -0.394 e. The Morgan fingerprint density at radius 3 is 1.48 bits per heavy atom. The third kappa shape index (κ3) is 25.7. The summed E-state index contributed by atoms with van der Waals surface area (Å²) in [5.41, 5.74) is 0. The molecule has 12 atom stereocenters. The average molecular weight is 942 g/mol. The van der Waals surface area contributed by atoms with Gasteiger partial charge in [-0.15, -0.1) is 0 Å². The summed E-state index contributed by atoms with van der Waals surface area (Å²) in [7, 11) is 0. The van der Waals surface area contributed by atoms with Gasteiger partial charge in [-0.25, -0.2) is 0 Å². The summed E-state index contributed by atoms with van der Waals surface area (Å²) in [6.45, 7) is 2.68. The second kappa shape index (κ2) is 39.0. The van der Waals surface area contributed by atoms with Gasteiger partial charge >= 0.3 is 0 Å². The molecule has 2 aliphatic heterocycles. The molecular weight excluding hydrogens is 847 g/mol. The fourth-order valence-electron chi connectivity index (χ4n) is 8.50. The van der Waals surface area contributed by atoms with Crippen molar-refractivity contribution in [3.63, 3.8) is 0 Å². The number of unbranched alkanes of at least 4 members (excludes halogenated alkanes) is 23.